The highest BCUT2D eigenvalue weighted by Gasteiger charge is 2.19. The van der Waals surface area contributed by atoms with E-state index in [2.05, 4.69) is 19.2 Å². The van der Waals surface area contributed by atoms with Gasteiger partial charge in [-0.05, 0) is 37.6 Å². The number of piperidine rings is 1. The van der Waals surface area contributed by atoms with Crippen LogP contribution in [0.15, 0.2) is 0 Å². The third-order valence-electron chi connectivity index (χ3n) is 3.33. The van der Waals surface area contributed by atoms with Crippen LogP contribution in [-0.2, 0) is 0 Å². The summed E-state index contributed by atoms with van der Waals surface area (Å²) < 4.78 is 0. The number of hydrogen-bond donors (Lipinski definition) is 2. The van der Waals surface area contributed by atoms with E-state index in [0.717, 1.165) is 44.8 Å². The van der Waals surface area contributed by atoms with Crippen LogP contribution in [0, 0.1) is 11.8 Å². The van der Waals surface area contributed by atoms with Crippen molar-refractivity contribution in [3.63, 3.8) is 0 Å². The lowest BCUT2D eigenvalue weighted by molar-refractivity contribution is 0.172. The van der Waals surface area contributed by atoms with Crippen LogP contribution in [0.4, 0.5) is 4.79 Å². The van der Waals surface area contributed by atoms with Crippen molar-refractivity contribution in [3.8, 4) is 0 Å². The van der Waals surface area contributed by atoms with Crippen molar-refractivity contribution in [2.45, 2.75) is 33.1 Å². The standard InChI is InChI=1S/C12H25N3O/c1-10-4-7-15(8-5-10)12(16)14-9-11(2)3-6-13/h10-11H,3-9,13H2,1-2H3,(H,14,16). The maximum atomic E-state index is 11.8. The van der Waals surface area contributed by atoms with Gasteiger partial charge >= 0.3 is 6.03 Å². The Kier molecular flexibility index (Phi) is 5.60. The summed E-state index contributed by atoms with van der Waals surface area (Å²) in [6, 6.07) is 0.0933. The molecule has 1 rings (SSSR count). The zero-order valence-corrected chi connectivity index (χ0v) is 10.5. The van der Waals surface area contributed by atoms with Gasteiger partial charge in [-0.1, -0.05) is 13.8 Å². The first-order valence-corrected chi connectivity index (χ1v) is 6.36. The summed E-state index contributed by atoms with van der Waals surface area (Å²) in [5.74, 6) is 1.23. The maximum Gasteiger partial charge on any atom is 0.317 e. The molecule has 0 aromatic heterocycles. The van der Waals surface area contributed by atoms with E-state index < -0.39 is 0 Å². The molecule has 1 heterocycles. The Balaban J connectivity index is 2.19. The van der Waals surface area contributed by atoms with E-state index in [1.165, 1.54) is 0 Å². The molecule has 4 nitrogen and oxygen atoms in total. The Hall–Kier alpha value is -0.770. The molecule has 1 unspecified atom stereocenters. The van der Waals surface area contributed by atoms with Crippen molar-refractivity contribution >= 4 is 6.03 Å². The topological polar surface area (TPSA) is 58.4 Å². The van der Waals surface area contributed by atoms with Crippen molar-refractivity contribution in [1.82, 2.24) is 10.2 Å². The molecular weight excluding hydrogens is 202 g/mol. The molecule has 0 bridgehead atoms. The van der Waals surface area contributed by atoms with Crippen molar-refractivity contribution < 1.29 is 4.79 Å². The van der Waals surface area contributed by atoms with Gasteiger partial charge in [-0.15, -0.1) is 0 Å². The quantitative estimate of drug-likeness (QED) is 0.763. The van der Waals surface area contributed by atoms with Crippen molar-refractivity contribution in [3.05, 3.63) is 0 Å². The zero-order chi connectivity index (χ0) is 12.0. The van der Waals surface area contributed by atoms with Gasteiger partial charge in [0.1, 0.15) is 0 Å². The summed E-state index contributed by atoms with van der Waals surface area (Å²) >= 11 is 0. The Morgan fingerprint density at radius 1 is 1.50 bits per heavy atom. The number of nitrogens with zero attached hydrogens (tertiary/aromatic N) is 1. The Bertz CT molecular complexity index is 212. The molecule has 0 radical (unpaired) electrons. The highest BCUT2D eigenvalue weighted by Crippen LogP contribution is 2.15. The summed E-state index contributed by atoms with van der Waals surface area (Å²) in [6.07, 6.45) is 3.23. The van der Waals surface area contributed by atoms with Crippen LogP contribution in [0.1, 0.15) is 33.1 Å². The summed E-state index contributed by atoms with van der Waals surface area (Å²) in [6.45, 7) is 7.60. The van der Waals surface area contributed by atoms with Crippen LogP contribution >= 0.6 is 0 Å². The van der Waals surface area contributed by atoms with Crippen LogP contribution in [0.2, 0.25) is 0 Å². The third-order valence-corrected chi connectivity index (χ3v) is 3.33. The first kappa shape index (κ1) is 13.3. The number of carbonyl (C=O) groups excluding carboxylic acids is 1. The Morgan fingerprint density at radius 3 is 2.69 bits per heavy atom. The minimum atomic E-state index is 0.0933. The predicted octanol–water partition coefficient (Wildman–Crippen LogP) is 1.41. The molecule has 0 aliphatic carbocycles. The number of hydrogen-bond acceptors (Lipinski definition) is 2. The molecule has 0 saturated carbocycles. The molecule has 1 saturated heterocycles. The normalized spacial score (nSPS) is 19.6. The van der Waals surface area contributed by atoms with Gasteiger partial charge in [0, 0.05) is 19.6 Å². The van der Waals surface area contributed by atoms with Crippen LogP contribution in [0.3, 0.4) is 0 Å². The van der Waals surface area contributed by atoms with E-state index in [1.54, 1.807) is 0 Å². The molecule has 0 aromatic carbocycles. The number of carbonyl (C=O) groups is 1. The summed E-state index contributed by atoms with van der Waals surface area (Å²) in [4.78, 5) is 13.7. The molecule has 0 aromatic rings. The predicted molar refractivity (Wildman–Crippen MR) is 66.2 cm³/mol. The Labute approximate surface area is 98.6 Å². The van der Waals surface area contributed by atoms with Crippen molar-refractivity contribution in [2.24, 2.45) is 17.6 Å². The smallest absolute Gasteiger partial charge is 0.317 e. The van der Waals surface area contributed by atoms with Crippen molar-refractivity contribution in [2.75, 3.05) is 26.2 Å². The van der Waals surface area contributed by atoms with Crippen LogP contribution in [0.5, 0.6) is 0 Å². The lowest BCUT2D eigenvalue weighted by Crippen LogP contribution is -2.45. The fourth-order valence-corrected chi connectivity index (χ4v) is 1.97. The number of urea groups is 1. The Morgan fingerprint density at radius 2 is 2.12 bits per heavy atom. The number of nitrogens with one attached hydrogen (secondary N) is 1. The second-order valence-electron chi connectivity index (χ2n) is 5.04. The highest BCUT2D eigenvalue weighted by molar-refractivity contribution is 5.74. The number of amides is 2. The first-order valence-electron chi connectivity index (χ1n) is 6.36. The number of nitrogens with two attached hydrogens (primary N) is 1. The van der Waals surface area contributed by atoms with Gasteiger partial charge in [-0.25, -0.2) is 4.79 Å². The fraction of sp³-hybridized carbons (Fsp3) is 0.917. The average Bonchev–Trinajstić information content (AvgIpc) is 2.27. The largest absolute Gasteiger partial charge is 0.338 e. The van der Waals surface area contributed by atoms with Gasteiger partial charge < -0.3 is 16.0 Å². The molecule has 16 heavy (non-hydrogen) atoms. The molecule has 94 valence electrons. The fourth-order valence-electron chi connectivity index (χ4n) is 1.97. The highest BCUT2D eigenvalue weighted by atomic mass is 16.2. The summed E-state index contributed by atoms with van der Waals surface area (Å²) in [5, 5.41) is 2.98. The minimum Gasteiger partial charge on any atom is -0.338 e. The third kappa shape index (κ3) is 4.39. The average molecular weight is 227 g/mol. The molecule has 1 fully saturated rings. The molecule has 2 amide bonds. The second-order valence-corrected chi connectivity index (χ2v) is 5.04. The van der Waals surface area contributed by atoms with Crippen LogP contribution < -0.4 is 11.1 Å². The van der Waals surface area contributed by atoms with Gasteiger partial charge in [0.15, 0.2) is 0 Å². The summed E-state index contributed by atoms with van der Waals surface area (Å²) in [5.41, 5.74) is 5.47. The molecule has 1 atom stereocenters. The SMILES string of the molecule is CC1CCN(C(=O)NCC(C)CCN)CC1. The molecule has 0 spiro atoms. The molecule has 3 N–H and O–H groups in total. The lowest BCUT2D eigenvalue weighted by Gasteiger charge is -2.30. The maximum absolute atomic E-state index is 11.8. The lowest BCUT2D eigenvalue weighted by atomic mass is 10.00. The van der Waals surface area contributed by atoms with E-state index >= 15 is 0 Å². The van der Waals surface area contributed by atoms with Gasteiger partial charge in [0.25, 0.3) is 0 Å². The summed E-state index contributed by atoms with van der Waals surface area (Å²) in [7, 11) is 0. The van der Waals surface area contributed by atoms with Gasteiger partial charge in [0.2, 0.25) is 0 Å². The van der Waals surface area contributed by atoms with Gasteiger partial charge in [-0.3, -0.25) is 0 Å². The molecule has 1 aliphatic heterocycles. The van der Waals surface area contributed by atoms with Crippen LogP contribution in [-0.4, -0.2) is 37.1 Å². The molecular formula is C12H25N3O. The molecule has 1 aliphatic rings. The number of rotatable bonds is 4. The van der Waals surface area contributed by atoms with E-state index in [-0.39, 0.29) is 6.03 Å². The minimum absolute atomic E-state index is 0.0933. The monoisotopic (exact) mass is 227 g/mol. The zero-order valence-electron chi connectivity index (χ0n) is 10.5. The first-order chi connectivity index (χ1) is 7.63. The van der Waals surface area contributed by atoms with Gasteiger partial charge in [-0.2, -0.15) is 0 Å². The van der Waals surface area contributed by atoms with E-state index in [4.69, 9.17) is 5.73 Å². The van der Waals surface area contributed by atoms with Crippen molar-refractivity contribution in [1.29, 1.82) is 0 Å². The second kappa shape index (κ2) is 6.74. The molecule has 4 heteroatoms. The van der Waals surface area contributed by atoms with E-state index in [0.29, 0.717) is 12.5 Å². The van der Waals surface area contributed by atoms with E-state index in [9.17, 15) is 4.79 Å². The van der Waals surface area contributed by atoms with E-state index in [1.807, 2.05) is 4.90 Å². The van der Waals surface area contributed by atoms with Gasteiger partial charge in [0.05, 0.1) is 0 Å². The number of likely N-dealkylation sites (tertiary alicyclic amines) is 1. The van der Waals surface area contributed by atoms with Crippen LogP contribution in [0.25, 0.3) is 0 Å².